The molecule has 4 aromatic heterocycles. The Kier molecular flexibility index (Phi) is 9.13. The number of hydrogen-bond donors (Lipinski definition) is 4. The molecule has 10 heteroatoms. The number of pyridine rings is 3. The molecule has 0 unspecified atom stereocenters. The molecule has 2 aliphatic rings. The quantitative estimate of drug-likeness (QED) is 0.128. The minimum absolute atomic E-state index is 0.0662. The van der Waals surface area contributed by atoms with Crippen LogP contribution in [0.15, 0.2) is 140 Å². The van der Waals surface area contributed by atoms with Crippen molar-refractivity contribution in [1.29, 1.82) is 0 Å². The highest BCUT2D eigenvalue weighted by Gasteiger charge is 2.29. The van der Waals surface area contributed by atoms with Gasteiger partial charge in [0.05, 0.1) is 17.6 Å². The molecule has 0 saturated heterocycles. The molecule has 262 valence electrons. The van der Waals surface area contributed by atoms with Crippen molar-refractivity contribution in [2.24, 2.45) is 0 Å². The van der Waals surface area contributed by atoms with Gasteiger partial charge in [0.2, 0.25) is 5.91 Å². The van der Waals surface area contributed by atoms with Crippen LogP contribution in [0.5, 0.6) is 0 Å². The van der Waals surface area contributed by atoms with Crippen LogP contribution in [-0.4, -0.2) is 37.7 Å². The first-order chi connectivity index (χ1) is 26.4. The minimum atomic E-state index is -0.248. The van der Waals surface area contributed by atoms with E-state index in [0.29, 0.717) is 34.6 Å². The maximum Gasteiger partial charge on any atom is 0.258 e. The Hall–Kier alpha value is -7.46. The zero-order valence-corrected chi connectivity index (χ0v) is 29.1. The smallest absolute Gasteiger partial charge is 0.258 e. The van der Waals surface area contributed by atoms with E-state index in [4.69, 9.17) is 0 Å². The van der Waals surface area contributed by atoms with Crippen LogP contribution >= 0.6 is 0 Å². The van der Waals surface area contributed by atoms with Crippen LogP contribution < -0.4 is 16.0 Å². The number of carbonyl (C=O) groups is 3. The van der Waals surface area contributed by atoms with Gasteiger partial charge in [0, 0.05) is 76.8 Å². The molecule has 9 rings (SSSR count). The molecule has 4 N–H and O–H groups in total. The number of aryl methyl sites for hydroxylation is 1. The van der Waals surface area contributed by atoms with E-state index in [1.807, 2.05) is 104 Å². The highest BCUT2D eigenvalue weighted by atomic mass is 16.2. The summed E-state index contributed by atoms with van der Waals surface area (Å²) >= 11 is 0. The number of fused-ring (bicyclic) bond motifs is 2. The van der Waals surface area contributed by atoms with Crippen molar-refractivity contribution in [3.8, 4) is 33.4 Å². The second kappa shape index (κ2) is 14.6. The van der Waals surface area contributed by atoms with Crippen molar-refractivity contribution in [2.75, 3.05) is 16.0 Å². The fraction of sp³-hybridized carbons (Fsp3) is 0.0455. The number of aromatic amines is 1. The summed E-state index contributed by atoms with van der Waals surface area (Å²) < 4.78 is 0. The molecule has 0 saturated carbocycles. The van der Waals surface area contributed by atoms with Crippen LogP contribution in [0.1, 0.15) is 32.9 Å². The lowest BCUT2D eigenvalue weighted by Gasteiger charge is -2.10. The molecule has 0 atom stereocenters. The van der Waals surface area contributed by atoms with Crippen LogP contribution in [0.25, 0.3) is 45.0 Å². The molecule has 2 aliphatic heterocycles. The van der Waals surface area contributed by atoms with E-state index in [9.17, 15) is 14.4 Å². The number of H-pyrrole nitrogens is 1. The van der Waals surface area contributed by atoms with Gasteiger partial charge >= 0.3 is 0 Å². The Balaban J connectivity index is 0.000000214. The summed E-state index contributed by atoms with van der Waals surface area (Å²) in [5.74, 6) is -0.380. The Labute approximate surface area is 311 Å². The van der Waals surface area contributed by atoms with Gasteiger partial charge < -0.3 is 20.9 Å². The summed E-state index contributed by atoms with van der Waals surface area (Å²) in [5, 5.41) is 8.81. The highest BCUT2D eigenvalue weighted by molar-refractivity contribution is 6.36. The van der Waals surface area contributed by atoms with Crippen LogP contribution in [-0.2, 0) is 16.0 Å². The van der Waals surface area contributed by atoms with E-state index < -0.39 is 0 Å². The fourth-order valence-corrected chi connectivity index (χ4v) is 6.93. The van der Waals surface area contributed by atoms with Gasteiger partial charge in [-0.05, 0) is 94.9 Å². The van der Waals surface area contributed by atoms with Crippen molar-refractivity contribution < 1.29 is 14.4 Å². The van der Waals surface area contributed by atoms with Crippen molar-refractivity contribution >= 4 is 46.4 Å². The van der Waals surface area contributed by atoms with Crippen LogP contribution in [0, 0.1) is 6.92 Å². The first-order valence-corrected chi connectivity index (χ1v) is 17.3. The lowest BCUT2D eigenvalue weighted by Crippen LogP contribution is -2.13. The number of nitrogens with zero attached hydrogens (tertiary/aromatic N) is 3. The summed E-state index contributed by atoms with van der Waals surface area (Å²) in [5.41, 5.74) is 12.3. The van der Waals surface area contributed by atoms with E-state index in [2.05, 4.69) is 35.9 Å². The molecule has 6 heterocycles. The molecular formula is C44H33N7O3. The maximum atomic E-state index is 13.5. The SMILES string of the molecule is Cc1[nH]c(C=C2C(=O)Nc3cccc(-c4ccncc4)c32)c(-c2ccccc2)c1C(=O)Nc1ccncc1.O=C1Cc2c(cccc2-c2ccncc2)N1. The second-order valence-corrected chi connectivity index (χ2v) is 12.7. The third-order valence-electron chi connectivity index (χ3n) is 9.33. The maximum absolute atomic E-state index is 13.5. The molecule has 0 spiro atoms. The molecular weight excluding hydrogens is 675 g/mol. The predicted octanol–water partition coefficient (Wildman–Crippen LogP) is 8.44. The number of carbonyl (C=O) groups excluding carboxylic acids is 3. The van der Waals surface area contributed by atoms with Crippen molar-refractivity contribution in [3.63, 3.8) is 0 Å². The van der Waals surface area contributed by atoms with Crippen LogP contribution in [0.4, 0.5) is 17.1 Å². The van der Waals surface area contributed by atoms with E-state index in [1.165, 1.54) is 0 Å². The number of benzene rings is 3. The lowest BCUT2D eigenvalue weighted by atomic mass is 9.93. The van der Waals surface area contributed by atoms with E-state index in [1.54, 1.807) is 49.3 Å². The summed E-state index contributed by atoms with van der Waals surface area (Å²) in [6, 6.07) is 32.7. The number of rotatable bonds is 6. The van der Waals surface area contributed by atoms with Crippen molar-refractivity contribution in [1.82, 2.24) is 19.9 Å². The molecule has 10 nitrogen and oxygen atoms in total. The average molecular weight is 708 g/mol. The number of amides is 3. The summed E-state index contributed by atoms with van der Waals surface area (Å²) in [7, 11) is 0. The Morgan fingerprint density at radius 2 is 1.26 bits per heavy atom. The van der Waals surface area contributed by atoms with Gasteiger partial charge in [-0.2, -0.15) is 0 Å². The number of nitrogens with one attached hydrogen (secondary N) is 4. The Morgan fingerprint density at radius 3 is 1.94 bits per heavy atom. The van der Waals surface area contributed by atoms with E-state index >= 15 is 0 Å². The Bertz CT molecular complexity index is 2550. The van der Waals surface area contributed by atoms with Gasteiger partial charge in [-0.3, -0.25) is 29.3 Å². The second-order valence-electron chi connectivity index (χ2n) is 12.7. The van der Waals surface area contributed by atoms with E-state index in [-0.39, 0.29) is 17.7 Å². The van der Waals surface area contributed by atoms with Gasteiger partial charge in [0.1, 0.15) is 0 Å². The van der Waals surface area contributed by atoms with Crippen LogP contribution in [0.2, 0.25) is 0 Å². The van der Waals surface area contributed by atoms with Gasteiger partial charge in [-0.15, -0.1) is 0 Å². The first kappa shape index (κ1) is 33.7. The molecule has 0 radical (unpaired) electrons. The fourth-order valence-electron chi connectivity index (χ4n) is 6.93. The van der Waals surface area contributed by atoms with Gasteiger partial charge in [0.15, 0.2) is 0 Å². The zero-order valence-electron chi connectivity index (χ0n) is 29.1. The largest absolute Gasteiger partial charge is 0.358 e. The van der Waals surface area contributed by atoms with Gasteiger partial charge in [-0.1, -0.05) is 54.6 Å². The monoisotopic (exact) mass is 707 g/mol. The van der Waals surface area contributed by atoms with Crippen LogP contribution in [0.3, 0.4) is 0 Å². The van der Waals surface area contributed by atoms with E-state index in [0.717, 1.165) is 55.9 Å². The van der Waals surface area contributed by atoms with Gasteiger partial charge in [0.25, 0.3) is 11.8 Å². The van der Waals surface area contributed by atoms with Crippen molar-refractivity contribution in [2.45, 2.75) is 13.3 Å². The summed E-state index contributed by atoms with van der Waals surface area (Å²) in [4.78, 5) is 53.6. The summed E-state index contributed by atoms with van der Waals surface area (Å²) in [6.07, 6.45) is 12.6. The molecule has 3 aromatic carbocycles. The molecule has 3 amide bonds. The lowest BCUT2D eigenvalue weighted by molar-refractivity contribution is -0.115. The standard InChI is InChI=1S/C31H23N5O2.C13H10N2O/c1-19-27(31(38)35-22-12-16-33-17-13-22)28(21-6-3-2-4-7-21)26(34-19)18-24-29-23(20-10-14-32-15-11-20)8-5-9-25(29)36-30(24)37;16-13-8-11-10(2-1-3-12(11)15-13)9-4-6-14-7-5-9/h2-18,34H,1H3,(H,36,37)(H,33,35,38);1-7H,8H2,(H,15,16). The average Bonchev–Trinajstić information content (AvgIpc) is 3.87. The summed E-state index contributed by atoms with van der Waals surface area (Å²) in [6.45, 7) is 1.86. The first-order valence-electron chi connectivity index (χ1n) is 17.3. The topological polar surface area (TPSA) is 142 Å². The number of hydrogen-bond acceptors (Lipinski definition) is 6. The third-order valence-corrected chi connectivity index (χ3v) is 9.33. The Morgan fingerprint density at radius 1 is 0.648 bits per heavy atom. The molecule has 7 aromatic rings. The predicted molar refractivity (Wildman–Crippen MR) is 211 cm³/mol. The van der Waals surface area contributed by atoms with Gasteiger partial charge in [-0.25, -0.2) is 0 Å². The molecule has 0 bridgehead atoms. The third kappa shape index (κ3) is 6.67. The van der Waals surface area contributed by atoms with Crippen molar-refractivity contribution in [3.05, 3.63) is 168 Å². The number of aromatic nitrogens is 4. The normalized spacial score (nSPS) is 13.3. The zero-order chi connectivity index (χ0) is 37.0. The highest BCUT2D eigenvalue weighted by Crippen LogP contribution is 2.42. The molecule has 0 aliphatic carbocycles. The molecule has 0 fully saturated rings. The molecule has 54 heavy (non-hydrogen) atoms. The number of anilines is 3. The minimum Gasteiger partial charge on any atom is -0.358 e.